The van der Waals surface area contributed by atoms with Crippen molar-refractivity contribution in [1.82, 2.24) is 5.32 Å². The van der Waals surface area contributed by atoms with Crippen molar-refractivity contribution in [3.8, 4) is 0 Å². The van der Waals surface area contributed by atoms with E-state index in [2.05, 4.69) is 25.2 Å². The molecule has 0 heterocycles. The molecule has 0 saturated heterocycles. The van der Waals surface area contributed by atoms with Gasteiger partial charge < -0.3 is 10.1 Å². The zero-order valence-electron chi connectivity index (χ0n) is 10.2. The molecule has 0 atom stereocenters. The van der Waals surface area contributed by atoms with Gasteiger partial charge in [0.2, 0.25) is 0 Å². The highest BCUT2D eigenvalue weighted by Gasteiger charge is 2.03. The summed E-state index contributed by atoms with van der Waals surface area (Å²) < 4.78 is 5.49. The largest absolute Gasteiger partial charge is 0.380 e. The number of rotatable bonds is 8. The van der Waals surface area contributed by atoms with Gasteiger partial charge in [0.05, 0.1) is 6.61 Å². The molecule has 2 heteroatoms. The molecule has 0 aromatic heterocycles. The minimum atomic E-state index is 0.647. The monoisotopic (exact) mass is 211 g/mol. The minimum Gasteiger partial charge on any atom is -0.380 e. The molecule has 0 aliphatic heterocycles. The molecule has 15 heavy (non-hydrogen) atoms. The van der Waals surface area contributed by atoms with Crippen molar-refractivity contribution >= 4 is 0 Å². The van der Waals surface area contributed by atoms with E-state index in [9.17, 15) is 0 Å². The Hall–Kier alpha value is -0.340. The lowest BCUT2D eigenvalue weighted by atomic mass is 10.2. The first kappa shape index (κ1) is 12.7. The first-order chi connectivity index (χ1) is 7.29. The number of allylic oxidation sites excluding steroid dienone is 1. The first-order valence-corrected chi connectivity index (χ1v) is 6.25. The van der Waals surface area contributed by atoms with E-state index >= 15 is 0 Å². The fourth-order valence-corrected chi connectivity index (χ4v) is 1.80. The first-order valence-electron chi connectivity index (χ1n) is 6.25. The highest BCUT2D eigenvalue weighted by Crippen LogP contribution is 2.19. The van der Waals surface area contributed by atoms with Gasteiger partial charge in [-0.2, -0.15) is 0 Å². The van der Waals surface area contributed by atoms with E-state index in [0.717, 1.165) is 26.3 Å². The molecule has 0 amide bonds. The van der Waals surface area contributed by atoms with Crippen molar-refractivity contribution in [2.75, 3.05) is 26.3 Å². The predicted molar refractivity (Wildman–Crippen MR) is 65.1 cm³/mol. The number of hydrogen-bond donors (Lipinski definition) is 1. The Morgan fingerprint density at radius 2 is 2.27 bits per heavy atom. The van der Waals surface area contributed by atoms with Crippen molar-refractivity contribution in [3.05, 3.63) is 11.6 Å². The molecule has 1 aliphatic carbocycles. The lowest BCUT2D eigenvalue weighted by Gasteiger charge is -2.08. The molecule has 88 valence electrons. The molecule has 0 fully saturated rings. The van der Waals surface area contributed by atoms with Crippen LogP contribution in [-0.2, 0) is 4.74 Å². The Balaban J connectivity index is 1.81. The van der Waals surface area contributed by atoms with Gasteiger partial charge in [-0.15, -0.1) is 0 Å². The molecule has 0 unspecified atom stereocenters. The highest BCUT2D eigenvalue weighted by molar-refractivity contribution is 5.07. The fourth-order valence-electron chi connectivity index (χ4n) is 1.80. The maximum Gasteiger partial charge on any atom is 0.0591 e. The summed E-state index contributed by atoms with van der Waals surface area (Å²) in [5, 5.41) is 3.42. The summed E-state index contributed by atoms with van der Waals surface area (Å²) in [6.07, 6.45) is 7.62. The third-order valence-corrected chi connectivity index (χ3v) is 2.63. The summed E-state index contributed by atoms with van der Waals surface area (Å²) >= 11 is 0. The van der Waals surface area contributed by atoms with Gasteiger partial charge in [-0.25, -0.2) is 0 Å². The van der Waals surface area contributed by atoms with Crippen LogP contribution in [0.15, 0.2) is 11.6 Å². The highest BCUT2D eigenvalue weighted by atomic mass is 16.5. The zero-order chi connectivity index (χ0) is 10.9. The molecule has 0 aromatic rings. The number of nitrogens with one attached hydrogen (secondary N) is 1. The van der Waals surface area contributed by atoms with Gasteiger partial charge in [0.25, 0.3) is 0 Å². The molecule has 0 spiro atoms. The van der Waals surface area contributed by atoms with Crippen molar-refractivity contribution in [3.63, 3.8) is 0 Å². The standard InChI is InChI=1S/C13H25NO/c1-12(2)11-15-10-9-14-8-7-13-5-3-4-6-13/h5,12,14H,3-4,6-11H2,1-2H3. The van der Waals surface area contributed by atoms with Gasteiger partial charge in [0, 0.05) is 13.2 Å². The van der Waals surface area contributed by atoms with Crippen LogP contribution in [0.1, 0.15) is 39.5 Å². The van der Waals surface area contributed by atoms with Gasteiger partial charge >= 0.3 is 0 Å². The molecule has 0 radical (unpaired) electrons. The minimum absolute atomic E-state index is 0.647. The van der Waals surface area contributed by atoms with Crippen LogP contribution in [0.4, 0.5) is 0 Å². The molecule has 0 saturated carbocycles. The van der Waals surface area contributed by atoms with Gasteiger partial charge in [-0.05, 0) is 38.1 Å². The smallest absolute Gasteiger partial charge is 0.0591 e. The SMILES string of the molecule is CC(C)COCCNCCC1=CCCC1. The van der Waals surface area contributed by atoms with Crippen LogP contribution in [0.5, 0.6) is 0 Å². The molecular formula is C13H25NO. The van der Waals surface area contributed by atoms with E-state index in [1.54, 1.807) is 5.57 Å². The lowest BCUT2D eigenvalue weighted by molar-refractivity contribution is 0.112. The second-order valence-electron chi connectivity index (χ2n) is 4.72. The summed E-state index contributed by atoms with van der Waals surface area (Å²) in [5.74, 6) is 0.647. The predicted octanol–water partition coefficient (Wildman–Crippen LogP) is 2.75. The van der Waals surface area contributed by atoms with E-state index in [0.29, 0.717) is 5.92 Å². The van der Waals surface area contributed by atoms with Crippen LogP contribution in [0, 0.1) is 5.92 Å². The average molecular weight is 211 g/mol. The summed E-state index contributed by atoms with van der Waals surface area (Å²) in [6, 6.07) is 0. The number of ether oxygens (including phenoxy) is 1. The Labute approximate surface area is 94.1 Å². The molecule has 1 N–H and O–H groups in total. The van der Waals surface area contributed by atoms with Crippen LogP contribution >= 0.6 is 0 Å². The fraction of sp³-hybridized carbons (Fsp3) is 0.846. The maximum atomic E-state index is 5.49. The van der Waals surface area contributed by atoms with Crippen molar-refractivity contribution in [1.29, 1.82) is 0 Å². The lowest BCUT2D eigenvalue weighted by Crippen LogP contribution is -2.21. The Kier molecular flexibility index (Phi) is 6.69. The molecule has 0 bridgehead atoms. The Morgan fingerprint density at radius 3 is 2.93 bits per heavy atom. The van der Waals surface area contributed by atoms with E-state index < -0.39 is 0 Å². The van der Waals surface area contributed by atoms with Gasteiger partial charge in [0.15, 0.2) is 0 Å². The summed E-state index contributed by atoms with van der Waals surface area (Å²) in [6.45, 7) is 8.18. The molecule has 1 rings (SSSR count). The maximum absolute atomic E-state index is 5.49. The summed E-state index contributed by atoms with van der Waals surface area (Å²) in [4.78, 5) is 0. The molecular weight excluding hydrogens is 186 g/mol. The third kappa shape index (κ3) is 6.69. The normalized spacial score (nSPS) is 16.1. The van der Waals surface area contributed by atoms with Crippen LogP contribution in [-0.4, -0.2) is 26.3 Å². The van der Waals surface area contributed by atoms with E-state index in [1.165, 1.54) is 25.7 Å². The quantitative estimate of drug-likeness (QED) is 0.492. The third-order valence-electron chi connectivity index (χ3n) is 2.63. The zero-order valence-corrected chi connectivity index (χ0v) is 10.2. The van der Waals surface area contributed by atoms with E-state index in [4.69, 9.17) is 4.74 Å². The van der Waals surface area contributed by atoms with Crippen molar-refractivity contribution < 1.29 is 4.74 Å². The summed E-state index contributed by atoms with van der Waals surface area (Å²) in [5.41, 5.74) is 1.64. The Bertz CT molecular complexity index is 187. The van der Waals surface area contributed by atoms with Crippen molar-refractivity contribution in [2.24, 2.45) is 5.92 Å². The molecule has 1 aliphatic rings. The van der Waals surface area contributed by atoms with Crippen LogP contribution in [0.25, 0.3) is 0 Å². The van der Waals surface area contributed by atoms with Crippen LogP contribution in [0.3, 0.4) is 0 Å². The topological polar surface area (TPSA) is 21.3 Å². The van der Waals surface area contributed by atoms with E-state index in [-0.39, 0.29) is 0 Å². The van der Waals surface area contributed by atoms with Crippen molar-refractivity contribution in [2.45, 2.75) is 39.5 Å². The second kappa shape index (κ2) is 7.89. The summed E-state index contributed by atoms with van der Waals surface area (Å²) in [7, 11) is 0. The van der Waals surface area contributed by atoms with Gasteiger partial charge in [-0.1, -0.05) is 25.5 Å². The second-order valence-corrected chi connectivity index (χ2v) is 4.72. The molecule has 2 nitrogen and oxygen atoms in total. The van der Waals surface area contributed by atoms with Crippen LogP contribution < -0.4 is 5.32 Å². The molecule has 0 aromatic carbocycles. The number of hydrogen-bond acceptors (Lipinski definition) is 2. The Morgan fingerprint density at radius 1 is 1.40 bits per heavy atom. The van der Waals surface area contributed by atoms with E-state index in [1.807, 2.05) is 0 Å². The van der Waals surface area contributed by atoms with Gasteiger partial charge in [0.1, 0.15) is 0 Å². The van der Waals surface area contributed by atoms with Crippen LogP contribution in [0.2, 0.25) is 0 Å². The average Bonchev–Trinajstić information content (AvgIpc) is 2.68. The van der Waals surface area contributed by atoms with Gasteiger partial charge in [-0.3, -0.25) is 0 Å².